The zero-order valence-electron chi connectivity index (χ0n) is 36.8. The van der Waals surface area contributed by atoms with Crippen LogP contribution in [-0.2, 0) is 41.6 Å². The molecular formula is C47H59N9O7S. The number of piperidine rings is 2. The Balaban J connectivity index is 0.658. The molecule has 340 valence electrons. The van der Waals surface area contributed by atoms with Crippen molar-refractivity contribution in [1.82, 2.24) is 34.0 Å². The smallest absolute Gasteiger partial charge is 0.329 e. The summed E-state index contributed by atoms with van der Waals surface area (Å²) in [5.74, 6) is 1.56. The summed E-state index contributed by atoms with van der Waals surface area (Å²) in [5, 5.41) is 5.65. The lowest BCUT2D eigenvalue weighted by atomic mass is 9.85. The van der Waals surface area contributed by atoms with Gasteiger partial charge in [0.1, 0.15) is 11.9 Å². The fraction of sp³-hybridized carbons (Fsp3) is 0.574. The maximum atomic E-state index is 13.5. The first-order valence-electron chi connectivity index (χ1n) is 23.4. The molecule has 10 rings (SSSR count). The van der Waals surface area contributed by atoms with Gasteiger partial charge in [0.05, 0.1) is 34.1 Å². The summed E-state index contributed by atoms with van der Waals surface area (Å²) in [6.45, 7) is 5.44. The lowest BCUT2D eigenvalue weighted by Gasteiger charge is -2.36. The summed E-state index contributed by atoms with van der Waals surface area (Å²) in [4.78, 5) is 65.2. The number of sulfonamides is 1. The first-order valence-corrected chi connectivity index (χ1v) is 24.8. The molecule has 3 aliphatic heterocycles. The average molecular weight is 894 g/mol. The quantitative estimate of drug-likeness (QED) is 0.118. The molecule has 0 radical (unpaired) electrons. The van der Waals surface area contributed by atoms with Crippen molar-refractivity contribution in [1.29, 1.82) is 0 Å². The Bertz CT molecular complexity index is 2650. The highest BCUT2D eigenvalue weighted by molar-refractivity contribution is 7.89. The van der Waals surface area contributed by atoms with Crippen LogP contribution >= 0.6 is 0 Å². The van der Waals surface area contributed by atoms with E-state index in [9.17, 15) is 27.6 Å². The number of imidazole rings is 1. The van der Waals surface area contributed by atoms with Gasteiger partial charge in [-0.15, -0.1) is 0 Å². The highest BCUT2D eigenvalue weighted by Gasteiger charge is 2.61. The number of hydrogen-bond acceptors (Lipinski definition) is 11. The molecule has 5 heterocycles. The van der Waals surface area contributed by atoms with E-state index in [4.69, 9.17) is 9.72 Å². The van der Waals surface area contributed by atoms with Gasteiger partial charge in [-0.3, -0.25) is 33.7 Å². The molecule has 2 saturated heterocycles. The predicted molar refractivity (Wildman–Crippen MR) is 241 cm³/mol. The summed E-state index contributed by atoms with van der Waals surface area (Å²) in [6, 6.07) is 10.6. The lowest BCUT2D eigenvalue weighted by molar-refractivity contribution is -0.135. The number of aryl methyl sites for hydroxylation is 2. The number of nitrogens with one attached hydrogen (secondary N) is 3. The largest absolute Gasteiger partial charge is 0.377 e. The van der Waals surface area contributed by atoms with E-state index in [2.05, 4.69) is 37.4 Å². The van der Waals surface area contributed by atoms with E-state index in [-0.39, 0.29) is 47.5 Å². The molecule has 3 saturated carbocycles. The molecule has 2 aromatic heterocycles. The maximum absolute atomic E-state index is 13.5. The van der Waals surface area contributed by atoms with Crippen LogP contribution in [0.25, 0.3) is 11.0 Å². The van der Waals surface area contributed by atoms with Crippen molar-refractivity contribution in [2.45, 2.75) is 131 Å². The summed E-state index contributed by atoms with van der Waals surface area (Å²) in [6.07, 6.45) is 14.6. The third-order valence-electron chi connectivity index (χ3n) is 15.1. The number of imide groups is 1. The minimum atomic E-state index is -3.76. The van der Waals surface area contributed by atoms with E-state index in [1.165, 1.54) is 10.1 Å². The fourth-order valence-corrected chi connectivity index (χ4v) is 12.3. The number of rotatable bonds is 13. The van der Waals surface area contributed by atoms with Gasteiger partial charge in [0, 0.05) is 50.0 Å². The molecule has 3 N–H and O–H groups in total. The SMILES string of the molecule is Cc1cc(S(=O)(=O)NCCOC2CCC(CN3CCC(c4ccc5c(c4)n(C)c(=O)n5C4CCC(=O)NC4=O)CC3)CC2)ccc1Nc1ncc2c(n1)N(C1CCCC1)C(=O)C21CC1. The standard InChI is InChI=1S/C47H59N9O7S/c1-29-25-35(12-13-37(29)50-45-48-27-36-42(52-45)55(33-5-3-4-6-33)44(59)47(36)19-20-47)64(61,62)49-21-24-63-34-10-7-30(8-11-34)28-54-22-17-31(18-23-54)32-9-14-38-40(26-32)53(2)46(60)56(38)39-15-16-41(57)51-43(39)58/h9,12-14,25-27,30-31,33-34,39,49H,3-8,10-11,15-24,28H2,1-2H3,(H,48,50,52)(H,51,57,58). The van der Waals surface area contributed by atoms with Crippen LogP contribution < -0.4 is 25.9 Å². The summed E-state index contributed by atoms with van der Waals surface area (Å²) >= 11 is 0. The highest BCUT2D eigenvalue weighted by Crippen LogP contribution is 2.58. The zero-order chi connectivity index (χ0) is 44.3. The molecule has 1 atom stereocenters. The minimum Gasteiger partial charge on any atom is -0.377 e. The van der Waals surface area contributed by atoms with Crippen molar-refractivity contribution in [3.63, 3.8) is 0 Å². The van der Waals surface area contributed by atoms with E-state index in [1.54, 1.807) is 36.0 Å². The Morgan fingerprint density at radius 2 is 1.67 bits per heavy atom. The van der Waals surface area contributed by atoms with Crippen LogP contribution in [0.15, 0.2) is 52.3 Å². The molecule has 3 aliphatic carbocycles. The Hall–Kier alpha value is -4.97. The molecule has 6 aliphatic rings. The van der Waals surface area contributed by atoms with Crippen LogP contribution in [0.4, 0.5) is 17.5 Å². The molecule has 64 heavy (non-hydrogen) atoms. The Morgan fingerprint density at radius 3 is 2.39 bits per heavy atom. The van der Waals surface area contributed by atoms with E-state index in [0.717, 1.165) is 125 Å². The van der Waals surface area contributed by atoms with E-state index < -0.39 is 27.4 Å². The second-order valence-corrected chi connectivity index (χ2v) is 20.9. The number of aromatic nitrogens is 4. The van der Waals surface area contributed by atoms with E-state index in [0.29, 0.717) is 36.5 Å². The number of likely N-dealkylation sites (tertiary alicyclic amines) is 1. The van der Waals surface area contributed by atoms with Gasteiger partial charge in [0.15, 0.2) is 0 Å². The number of ether oxygens (including phenoxy) is 1. The number of hydrogen-bond donors (Lipinski definition) is 3. The topological polar surface area (TPSA) is 190 Å². The third kappa shape index (κ3) is 8.06. The van der Waals surface area contributed by atoms with Gasteiger partial charge in [0.2, 0.25) is 33.7 Å². The van der Waals surface area contributed by atoms with Crippen LogP contribution in [0.3, 0.4) is 0 Å². The minimum absolute atomic E-state index is 0.120. The van der Waals surface area contributed by atoms with Gasteiger partial charge in [-0.2, -0.15) is 4.98 Å². The van der Waals surface area contributed by atoms with Gasteiger partial charge >= 0.3 is 5.69 Å². The molecule has 0 bridgehead atoms. The molecule has 17 heteroatoms. The van der Waals surface area contributed by atoms with Gasteiger partial charge in [-0.1, -0.05) is 18.9 Å². The summed E-state index contributed by atoms with van der Waals surface area (Å²) in [5.41, 5.74) is 4.42. The highest BCUT2D eigenvalue weighted by atomic mass is 32.2. The lowest BCUT2D eigenvalue weighted by Crippen LogP contribution is -2.44. The number of amides is 3. The van der Waals surface area contributed by atoms with Gasteiger partial charge in [0.25, 0.3) is 0 Å². The first kappa shape index (κ1) is 43.0. The number of fused-ring (bicyclic) bond motifs is 3. The third-order valence-corrected chi connectivity index (χ3v) is 16.5. The van der Waals surface area contributed by atoms with Crippen molar-refractivity contribution in [3.05, 3.63) is 69.8 Å². The molecule has 16 nitrogen and oxygen atoms in total. The van der Waals surface area contributed by atoms with Crippen LogP contribution in [-0.4, -0.2) is 95.1 Å². The van der Waals surface area contributed by atoms with E-state index >= 15 is 0 Å². The summed E-state index contributed by atoms with van der Waals surface area (Å²) in [7, 11) is -2.01. The molecule has 3 amide bonds. The average Bonchev–Trinajstić information content (AvgIpc) is 3.75. The van der Waals surface area contributed by atoms with Crippen molar-refractivity contribution in [2.75, 3.05) is 43.0 Å². The Morgan fingerprint density at radius 1 is 0.906 bits per heavy atom. The normalized spacial score (nSPS) is 24.2. The first-order chi connectivity index (χ1) is 30.9. The van der Waals surface area contributed by atoms with Crippen molar-refractivity contribution < 1.29 is 27.5 Å². The van der Waals surface area contributed by atoms with Gasteiger partial charge in [-0.25, -0.2) is 22.9 Å². The molecular weight excluding hydrogens is 835 g/mol. The van der Waals surface area contributed by atoms with Crippen molar-refractivity contribution in [2.24, 2.45) is 13.0 Å². The van der Waals surface area contributed by atoms with Crippen molar-refractivity contribution in [3.8, 4) is 0 Å². The van der Waals surface area contributed by atoms with Gasteiger partial charge < -0.3 is 15.0 Å². The summed E-state index contributed by atoms with van der Waals surface area (Å²) < 4.78 is 38.6. The second kappa shape index (κ2) is 17.1. The maximum Gasteiger partial charge on any atom is 0.329 e. The molecule has 2 aromatic carbocycles. The molecule has 5 fully saturated rings. The number of benzene rings is 2. The Kier molecular flexibility index (Phi) is 11.5. The monoisotopic (exact) mass is 893 g/mol. The fourth-order valence-electron chi connectivity index (χ4n) is 11.2. The van der Waals surface area contributed by atoms with Crippen molar-refractivity contribution >= 4 is 56.2 Å². The molecule has 4 aromatic rings. The predicted octanol–water partition coefficient (Wildman–Crippen LogP) is 5.21. The Labute approximate surface area is 373 Å². The zero-order valence-corrected chi connectivity index (χ0v) is 37.6. The van der Waals surface area contributed by atoms with Crippen LogP contribution in [0.5, 0.6) is 0 Å². The van der Waals surface area contributed by atoms with Crippen LogP contribution in [0.1, 0.15) is 119 Å². The second-order valence-electron chi connectivity index (χ2n) is 19.1. The number of nitrogens with zero attached hydrogens (tertiary/aromatic N) is 6. The molecule has 1 spiro atoms. The van der Waals surface area contributed by atoms with Crippen LogP contribution in [0.2, 0.25) is 0 Å². The number of carbonyl (C=O) groups is 3. The van der Waals surface area contributed by atoms with Crippen LogP contribution in [0, 0.1) is 12.8 Å². The number of anilines is 3. The molecule has 1 unspecified atom stereocenters. The number of carbonyl (C=O) groups excluding carboxylic acids is 3. The van der Waals surface area contributed by atoms with E-state index in [1.807, 2.05) is 17.9 Å². The van der Waals surface area contributed by atoms with Gasteiger partial charge in [-0.05, 0) is 144 Å².